The monoisotopic (exact) mass is 487 g/mol. The first kappa shape index (κ1) is 23.9. The van der Waals surface area contributed by atoms with Gasteiger partial charge in [0.15, 0.2) is 0 Å². The van der Waals surface area contributed by atoms with Crippen molar-refractivity contribution in [3.8, 4) is 0 Å². The molecule has 0 aromatic carbocycles. The second kappa shape index (κ2) is 9.69. The summed E-state index contributed by atoms with van der Waals surface area (Å²) in [4.78, 5) is 31.7. The molecule has 3 atom stereocenters. The van der Waals surface area contributed by atoms with Crippen LogP contribution in [0.5, 0.6) is 0 Å². The van der Waals surface area contributed by atoms with E-state index in [1.54, 1.807) is 11.8 Å². The zero-order valence-electron chi connectivity index (χ0n) is 20.0. The number of thioether (sulfide) groups is 1. The van der Waals surface area contributed by atoms with Crippen molar-refractivity contribution in [2.24, 2.45) is 23.7 Å². The van der Waals surface area contributed by atoms with Gasteiger partial charge in [0.05, 0.1) is 11.2 Å². The summed E-state index contributed by atoms with van der Waals surface area (Å²) in [6.07, 6.45) is 7.86. The molecule has 6 rings (SSSR count). The molecule has 4 bridgehead atoms. The highest BCUT2D eigenvalue weighted by Gasteiger charge is 2.55. The number of carbonyl (C=O) groups is 2. The van der Waals surface area contributed by atoms with Crippen molar-refractivity contribution < 1.29 is 19.8 Å². The molecule has 1 saturated heterocycles. The molecule has 5 aliphatic rings. The predicted molar refractivity (Wildman–Crippen MR) is 132 cm³/mol. The number of rotatable bonds is 8. The maximum atomic E-state index is 13.5. The first-order valence-corrected chi connectivity index (χ1v) is 14.0. The van der Waals surface area contributed by atoms with Crippen LogP contribution in [0.15, 0.2) is 17.2 Å². The number of carbonyl (C=O) groups excluding carboxylic acids is 1. The Balaban J connectivity index is 1.32. The van der Waals surface area contributed by atoms with Crippen LogP contribution in [-0.2, 0) is 4.79 Å². The fourth-order valence-corrected chi connectivity index (χ4v) is 8.09. The summed E-state index contributed by atoms with van der Waals surface area (Å²) >= 11 is 1.62. The van der Waals surface area contributed by atoms with Crippen LogP contribution < -0.4 is 10.2 Å². The number of aliphatic hydroxyl groups is 1. The maximum absolute atomic E-state index is 13.5. The largest absolute Gasteiger partial charge is 0.481 e. The molecular weight excluding hydrogens is 450 g/mol. The van der Waals surface area contributed by atoms with E-state index in [2.05, 4.69) is 17.1 Å². The lowest BCUT2D eigenvalue weighted by molar-refractivity contribution is -0.138. The molecular formula is C26H37N3O4S. The average Bonchev–Trinajstić information content (AvgIpc) is 2.78. The molecule has 8 heteroatoms. The molecule has 4 aliphatic carbocycles. The number of amides is 1. The van der Waals surface area contributed by atoms with Gasteiger partial charge >= 0.3 is 5.97 Å². The van der Waals surface area contributed by atoms with Crippen molar-refractivity contribution in [2.45, 2.75) is 81.4 Å². The number of carboxylic acids is 1. The molecule has 1 aromatic heterocycles. The van der Waals surface area contributed by atoms with E-state index in [0.29, 0.717) is 29.9 Å². The number of aliphatic carboxylic acids is 1. The topological polar surface area (TPSA) is 103 Å². The molecule has 1 aliphatic heterocycles. The summed E-state index contributed by atoms with van der Waals surface area (Å²) in [7, 11) is 0. The smallest absolute Gasteiger partial charge is 0.303 e. The van der Waals surface area contributed by atoms with E-state index >= 15 is 0 Å². The Labute approximate surface area is 206 Å². The standard InChI is InChI=1S/C26H37N3O4S/c1-2-8-34-25-20(5-6-21(27-25)29-7-3-4-16(15-29)11-22(30)31)24(32)28-23-18-9-17-10-19(23)14-26(33,12-17)13-18/h5-6,16-19,23,33H,2-4,7-15H2,1H3,(H,28,32)(H,30,31)/t16-,17?,18?,19?,23?,26?/m1/s1. The van der Waals surface area contributed by atoms with Crippen LogP contribution in [0.1, 0.15) is 75.1 Å². The fourth-order valence-electron chi connectivity index (χ4n) is 7.22. The molecule has 2 heterocycles. The highest BCUT2D eigenvalue weighted by atomic mass is 32.2. The first-order valence-electron chi connectivity index (χ1n) is 13.0. The van der Waals surface area contributed by atoms with Crippen LogP contribution in [0.3, 0.4) is 0 Å². The third kappa shape index (κ3) is 4.94. The second-order valence-corrected chi connectivity index (χ2v) is 12.2. The normalized spacial score (nSPS) is 34.3. The highest BCUT2D eigenvalue weighted by molar-refractivity contribution is 7.99. The number of nitrogens with zero attached hydrogens (tertiary/aromatic N) is 2. The molecule has 1 amide bonds. The third-order valence-electron chi connectivity index (χ3n) is 8.38. The van der Waals surface area contributed by atoms with Crippen molar-refractivity contribution in [3.63, 3.8) is 0 Å². The number of carboxylic acid groups (broad SMARTS) is 1. The van der Waals surface area contributed by atoms with Crippen molar-refractivity contribution in [1.29, 1.82) is 0 Å². The van der Waals surface area contributed by atoms with Crippen LogP contribution in [0, 0.1) is 23.7 Å². The Morgan fingerprint density at radius 2 is 2.00 bits per heavy atom. The number of piperidine rings is 1. The molecule has 4 saturated carbocycles. The van der Waals surface area contributed by atoms with Gasteiger partial charge in [-0.2, -0.15) is 0 Å². The van der Waals surface area contributed by atoms with Gasteiger partial charge in [-0.05, 0) is 92.9 Å². The SMILES string of the molecule is CCCSc1nc(N2CCC[C@H](CC(=O)O)C2)ccc1C(=O)NC1C2CC3CC1CC(O)(C3)C2. The van der Waals surface area contributed by atoms with E-state index in [0.717, 1.165) is 74.5 Å². The van der Waals surface area contributed by atoms with Gasteiger partial charge in [0.2, 0.25) is 0 Å². The second-order valence-electron chi connectivity index (χ2n) is 11.1. The van der Waals surface area contributed by atoms with E-state index in [1.807, 2.05) is 12.1 Å². The number of aromatic nitrogens is 1. The maximum Gasteiger partial charge on any atom is 0.303 e. The van der Waals surface area contributed by atoms with Gasteiger partial charge in [-0.25, -0.2) is 4.98 Å². The fraction of sp³-hybridized carbons (Fsp3) is 0.731. The van der Waals surface area contributed by atoms with Gasteiger partial charge in [0.1, 0.15) is 10.8 Å². The van der Waals surface area contributed by atoms with Crippen molar-refractivity contribution in [3.05, 3.63) is 17.7 Å². The molecule has 2 unspecified atom stereocenters. The van der Waals surface area contributed by atoms with Crippen LogP contribution in [0.4, 0.5) is 5.82 Å². The van der Waals surface area contributed by atoms with E-state index in [4.69, 9.17) is 4.98 Å². The Hall–Kier alpha value is -1.80. The van der Waals surface area contributed by atoms with E-state index in [-0.39, 0.29) is 24.3 Å². The number of pyridine rings is 1. The minimum absolute atomic E-state index is 0.0514. The lowest BCUT2D eigenvalue weighted by Crippen LogP contribution is -2.61. The zero-order valence-corrected chi connectivity index (χ0v) is 20.9. The summed E-state index contributed by atoms with van der Waals surface area (Å²) in [6.45, 7) is 3.68. The van der Waals surface area contributed by atoms with Crippen LogP contribution in [0.2, 0.25) is 0 Å². The van der Waals surface area contributed by atoms with Crippen LogP contribution >= 0.6 is 11.8 Å². The number of anilines is 1. The third-order valence-corrected chi connectivity index (χ3v) is 9.57. The lowest BCUT2D eigenvalue weighted by Gasteiger charge is -2.58. The van der Waals surface area contributed by atoms with E-state index in [1.165, 1.54) is 0 Å². The summed E-state index contributed by atoms with van der Waals surface area (Å²) < 4.78 is 0. The van der Waals surface area contributed by atoms with Crippen LogP contribution in [0.25, 0.3) is 0 Å². The number of hydrogen-bond acceptors (Lipinski definition) is 6. The van der Waals surface area contributed by atoms with Crippen molar-refractivity contribution in [2.75, 3.05) is 23.7 Å². The number of hydrogen-bond donors (Lipinski definition) is 3. The Morgan fingerprint density at radius 3 is 2.68 bits per heavy atom. The van der Waals surface area contributed by atoms with Gasteiger partial charge in [-0.3, -0.25) is 9.59 Å². The average molecular weight is 488 g/mol. The minimum Gasteiger partial charge on any atom is -0.481 e. The lowest BCUT2D eigenvalue weighted by atomic mass is 9.52. The zero-order chi connectivity index (χ0) is 23.9. The molecule has 34 heavy (non-hydrogen) atoms. The molecule has 1 aromatic rings. The van der Waals surface area contributed by atoms with Gasteiger partial charge < -0.3 is 20.4 Å². The molecule has 186 valence electrons. The Kier molecular flexibility index (Phi) is 6.81. The van der Waals surface area contributed by atoms with E-state index < -0.39 is 11.6 Å². The van der Waals surface area contributed by atoms with Crippen molar-refractivity contribution >= 4 is 29.5 Å². The van der Waals surface area contributed by atoms with Gasteiger partial charge in [-0.15, -0.1) is 11.8 Å². The molecule has 5 fully saturated rings. The molecule has 7 nitrogen and oxygen atoms in total. The summed E-state index contributed by atoms with van der Waals surface area (Å²) in [5.41, 5.74) is 0.129. The van der Waals surface area contributed by atoms with Crippen molar-refractivity contribution in [1.82, 2.24) is 10.3 Å². The van der Waals surface area contributed by atoms with E-state index in [9.17, 15) is 19.8 Å². The number of nitrogens with one attached hydrogen (secondary N) is 1. The van der Waals surface area contributed by atoms with Gasteiger partial charge in [-0.1, -0.05) is 6.92 Å². The van der Waals surface area contributed by atoms with Gasteiger partial charge in [0.25, 0.3) is 5.91 Å². The van der Waals surface area contributed by atoms with Crippen LogP contribution in [-0.4, -0.2) is 57.6 Å². The quantitative estimate of drug-likeness (QED) is 0.477. The minimum atomic E-state index is -0.747. The Bertz CT molecular complexity index is 925. The summed E-state index contributed by atoms with van der Waals surface area (Å²) in [5.74, 6) is 2.42. The molecule has 3 N–H and O–H groups in total. The molecule has 0 spiro atoms. The highest BCUT2D eigenvalue weighted by Crippen LogP contribution is 2.55. The first-order chi connectivity index (χ1) is 16.3. The summed E-state index contributed by atoms with van der Waals surface area (Å²) in [6, 6.07) is 3.97. The van der Waals surface area contributed by atoms with Gasteiger partial charge in [0, 0.05) is 25.6 Å². The molecule has 0 radical (unpaired) electrons. The predicted octanol–water partition coefficient (Wildman–Crippen LogP) is 3.94. The summed E-state index contributed by atoms with van der Waals surface area (Å²) in [5, 5.41) is 24.2. The Morgan fingerprint density at radius 1 is 1.24 bits per heavy atom.